The lowest BCUT2D eigenvalue weighted by Crippen LogP contribution is -2.14. The molecule has 7 heteroatoms. The van der Waals surface area contributed by atoms with Crippen molar-refractivity contribution in [2.24, 2.45) is 0 Å². The third-order valence-corrected chi connectivity index (χ3v) is 6.13. The molecular formula is C20H19NO4S2. The molecule has 1 N–H and O–H groups in total. The van der Waals surface area contributed by atoms with Gasteiger partial charge >= 0.3 is 5.97 Å². The normalized spacial score (nSPS) is 11.2. The highest BCUT2D eigenvalue weighted by molar-refractivity contribution is 7.92. The summed E-state index contributed by atoms with van der Waals surface area (Å²) in [6.07, 6.45) is 0.197. The molecule has 0 saturated heterocycles. The highest BCUT2D eigenvalue weighted by Crippen LogP contribution is 2.43. The lowest BCUT2D eigenvalue weighted by atomic mass is 10.1. The lowest BCUT2D eigenvalue weighted by Gasteiger charge is -2.12. The monoisotopic (exact) mass is 401 g/mol. The van der Waals surface area contributed by atoms with E-state index in [0.29, 0.717) is 5.56 Å². The molecule has 0 fully saturated rings. The second-order valence-corrected chi connectivity index (χ2v) is 8.45. The highest BCUT2D eigenvalue weighted by Gasteiger charge is 2.23. The fraction of sp³-hybridized carbons (Fsp3) is 0.150. The van der Waals surface area contributed by atoms with Gasteiger partial charge < -0.3 is 4.74 Å². The zero-order valence-corrected chi connectivity index (χ0v) is 16.6. The average Bonchev–Trinajstić information content (AvgIpc) is 3.04. The number of nitrogens with one attached hydrogen (secondary N) is 1. The number of ether oxygens (including phenoxy) is 1. The van der Waals surface area contributed by atoms with Crippen molar-refractivity contribution in [2.75, 3.05) is 4.72 Å². The number of thiophene rings is 1. The molecule has 0 radical (unpaired) electrons. The Morgan fingerprint density at radius 2 is 1.74 bits per heavy atom. The van der Waals surface area contributed by atoms with Crippen molar-refractivity contribution in [1.82, 2.24) is 0 Å². The zero-order valence-electron chi connectivity index (χ0n) is 14.9. The number of benzene rings is 2. The first kappa shape index (κ1) is 19.1. The van der Waals surface area contributed by atoms with Crippen LogP contribution in [-0.2, 0) is 14.8 Å². The first-order chi connectivity index (χ1) is 12.9. The Balaban J connectivity index is 2.05. The molecule has 0 bridgehead atoms. The lowest BCUT2D eigenvalue weighted by molar-refractivity contribution is -0.133. The summed E-state index contributed by atoms with van der Waals surface area (Å²) in [6.45, 7) is 3.57. The van der Waals surface area contributed by atoms with Crippen molar-refractivity contribution >= 4 is 33.0 Å². The summed E-state index contributed by atoms with van der Waals surface area (Å²) in [5, 5.41) is 2.01. The second-order valence-electron chi connectivity index (χ2n) is 5.92. The van der Waals surface area contributed by atoms with Crippen molar-refractivity contribution in [3.8, 4) is 16.2 Å². The molecule has 0 saturated carbocycles. The maximum Gasteiger partial charge on any atom is 0.311 e. The summed E-state index contributed by atoms with van der Waals surface area (Å²) < 4.78 is 33.7. The molecule has 3 rings (SSSR count). The van der Waals surface area contributed by atoms with Crippen LogP contribution >= 0.6 is 11.3 Å². The quantitative estimate of drug-likeness (QED) is 0.600. The Hall–Kier alpha value is -2.64. The van der Waals surface area contributed by atoms with Gasteiger partial charge in [0, 0.05) is 17.4 Å². The van der Waals surface area contributed by atoms with Crippen LogP contribution in [0.15, 0.2) is 64.9 Å². The third kappa shape index (κ3) is 4.37. The number of carbonyl (C=O) groups excluding carboxylic acids is 1. The van der Waals surface area contributed by atoms with Gasteiger partial charge in [0.1, 0.15) is 5.69 Å². The predicted molar refractivity (Wildman–Crippen MR) is 108 cm³/mol. The van der Waals surface area contributed by atoms with Crippen molar-refractivity contribution < 1.29 is 17.9 Å². The minimum absolute atomic E-state index is 0.145. The molecule has 0 aliphatic carbocycles. The summed E-state index contributed by atoms with van der Waals surface area (Å²) in [4.78, 5) is 11.9. The van der Waals surface area contributed by atoms with Crippen LogP contribution in [0, 0.1) is 6.92 Å². The summed E-state index contributed by atoms with van der Waals surface area (Å²) in [5.74, 6) is -0.424. The van der Waals surface area contributed by atoms with Crippen LogP contribution in [0.4, 0.5) is 5.69 Å². The number of sulfonamides is 1. The Morgan fingerprint density at radius 1 is 1.07 bits per heavy atom. The van der Waals surface area contributed by atoms with E-state index in [1.54, 1.807) is 36.6 Å². The van der Waals surface area contributed by atoms with Gasteiger partial charge in [-0.3, -0.25) is 9.52 Å². The number of esters is 1. The molecule has 1 heterocycles. The molecule has 1 aromatic heterocycles. The molecule has 0 aliphatic heterocycles. The van der Waals surface area contributed by atoms with Crippen molar-refractivity contribution in [1.29, 1.82) is 0 Å². The third-order valence-electron chi connectivity index (χ3n) is 3.90. The maximum atomic E-state index is 12.9. The largest absolute Gasteiger partial charge is 0.413 e. The van der Waals surface area contributed by atoms with E-state index in [-0.39, 0.29) is 22.1 Å². The Labute approximate surface area is 162 Å². The maximum absolute atomic E-state index is 12.9. The van der Waals surface area contributed by atoms with E-state index in [2.05, 4.69) is 4.72 Å². The van der Waals surface area contributed by atoms with Crippen LogP contribution in [0.5, 0.6) is 5.06 Å². The standard InChI is InChI=1S/C20H19NO4S2/c1-3-18(22)25-20-19(17(13-26-20)15-7-5-4-6-8-15)21-27(23,24)16-11-9-14(2)10-12-16/h4-13,21H,3H2,1-2H3. The molecule has 5 nitrogen and oxygen atoms in total. The molecule has 0 atom stereocenters. The van der Waals surface area contributed by atoms with E-state index >= 15 is 0 Å². The molecule has 0 amide bonds. The van der Waals surface area contributed by atoms with Gasteiger partial charge in [-0.05, 0) is 24.6 Å². The molecule has 0 spiro atoms. The second kappa shape index (κ2) is 7.94. The first-order valence-electron chi connectivity index (χ1n) is 8.38. The Bertz CT molecular complexity index is 1040. The minimum Gasteiger partial charge on any atom is -0.413 e. The minimum atomic E-state index is -3.83. The van der Waals surface area contributed by atoms with Gasteiger partial charge in [0.05, 0.1) is 4.90 Å². The molecule has 27 heavy (non-hydrogen) atoms. The van der Waals surface area contributed by atoms with Crippen LogP contribution in [0.25, 0.3) is 11.1 Å². The van der Waals surface area contributed by atoms with Crippen LogP contribution in [0.3, 0.4) is 0 Å². The molecule has 2 aromatic carbocycles. The predicted octanol–water partition coefficient (Wildman–Crippen LogP) is 4.84. The van der Waals surface area contributed by atoms with Gasteiger partial charge in [0.25, 0.3) is 10.0 Å². The summed E-state index contributed by atoms with van der Waals surface area (Å²) in [7, 11) is -3.83. The van der Waals surface area contributed by atoms with Crippen LogP contribution in [0.2, 0.25) is 0 Å². The van der Waals surface area contributed by atoms with E-state index in [1.165, 1.54) is 11.3 Å². The Kier molecular flexibility index (Phi) is 5.62. The SMILES string of the molecule is CCC(=O)Oc1scc(-c2ccccc2)c1NS(=O)(=O)c1ccc(C)cc1. The molecule has 3 aromatic rings. The summed E-state index contributed by atoms with van der Waals surface area (Å²) >= 11 is 1.18. The van der Waals surface area contributed by atoms with E-state index < -0.39 is 16.0 Å². The highest BCUT2D eigenvalue weighted by atomic mass is 32.2. The van der Waals surface area contributed by atoms with Gasteiger partial charge in [-0.25, -0.2) is 8.42 Å². The Morgan fingerprint density at radius 3 is 2.37 bits per heavy atom. The molecular weight excluding hydrogens is 382 g/mol. The fourth-order valence-corrected chi connectivity index (χ4v) is 4.48. The number of hydrogen-bond acceptors (Lipinski definition) is 5. The molecule has 0 unspecified atom stereocenters. The van der Waals surface area contributed by atoms with E-state index in [4.69, 9.17) is 4.74 Å². The van der Waals surface area contributed by atoms with Gasteiger partial charge in [0.2, 0.25) is 5.06 Å². The van der Waals surface area contributed by atoms with Crippen molar-refractivity contribution in [3.63, 3.8) is 0 Å². The number of anilines is 1. The van der Waals surface area contributed by atoms with Crippen molar-refractivity contribution in [3.05, 3.63) is 65.5 Å². The van der Waals surface area contributed by atoms with Crippen LogP contribution in [-0.4, -0.2) is 14.4 Å². The topological polar surface area (TPSA) is 72.5 Å². The molecule has 140 valence electrons. The summed E-state index contributed by atoms with van der Waals surface area (Å²) in [6, 6.07) is 15.9. The van der Waals surface area contributed by atoms with Crippen LogP contribution < -0.4 is 9.46 Å². The molecule has 0 aliphatic rings. The number of hydrogen-bond donors (Lipinski definition) is 1. The first-order valence-corrected chi connectivity index (χ1v) is 10.7. The number of aryl methyl sites for hydroxylation is 1. The van der Waals surface area contributed by atoms with E-state index in [1.807, 2.05) is 37.3 Å². The number of carbonyl (C=O) groups is 1. The average molecular weight is 402 g/mol. The van der Waals surface area contributed by atoms with Gasteiger partial charge in [-0.15, -0.1) is 11.3 Å². The summed E-state index contributed by atoms with van der Waals surface area (Å²) in [5.41, 5.74) is 2.73. The van der Waals surface area contributed by atoms with Crippen molar-refractivity contribution in [2.45, 2.75) is 25.2 Å². The van der Waals surface area contributed by atoms with Crippen LogP contribution in [0.1, 0.15) is 18.9 Å². The smallest absolute Gasteiger partial charge is 0.311 e. The number of rotatable bonds is 6. The zero-order chi connectivity index (χ0) is 19.4. The van der Waals surface area contributed by atoms with Gasteiger partial charge in [-0.1, -0.05) is 55.0 Å². The van der Waals surface area contributed by atoms with E-state index in [0.717, 1.165) is 11.1 Å². The fourth-order valence-electron chi connectivity index (χ4n) is 2.43. The van der Waals surface area contributed by atoms with Gasteiger partial charge in [0.15, 0.2) is 0 Å². The van der Waals surface area contributed by atoms with Gasteiger partial charge in [-0.2, -0.15) is 0 Å². The van der Waals surface area contributed by atoms with E-state index in [9.17, 15) is 13.2 Å².